The molecule has 0 aliphatic carbocycles. The summed E-state index contributed by atoms with van der Waals surface area (Å²) in [6.07, 6.45) is 0.531. The zero-order chi connectivity index (χ0) is 16.6. The van der Waals surface area contributed by atoms with E-state index in [1.54, 1.807) is 17.0 Å². The van der Waals surface area contributed by atoms with Crippen LogP contribution in [0.25, 0.3) is 0 Å². The van der Waals surface area contributed by atoms with Crippen LogP contribution in [-0.4, -0.2) is 53.3 Å². The number of nitrogens with zero attached hydrogens (tertiary/aromatic N) is 2. The third kappa shape index (κ3) is 3.28. The minimum absolute atomic E-state index is 0.156. The molecular weight excluding hydrogens is 343 g/mol. The van der Waals surface area contributed by atoms with Crippen molar-refractivity contribution in [2.24, 2.45) is 0 Å². The molecular formula is C15H14Cl2N2O4. The molecule has 1 aromatic carbocycles. The Balaban J connectivity index is 1.49. The van der Waals surface area contributed by atoms with Crippen molar-refractivity contribution < 1.29 is 19.1 Å². The van der Waals surface area contributed by atoms with Gasteiger partial charge in [-0.2, -0.15) is 0 Å². The van der Waals surface area contributed by atoms with Crippen LogP contribution in [0.1, 0.15) is 12.8 Å². The van der Waals surface area contributed by atoms with Gasteiger partial charge in [-0.15, -0.1) is 0 Å². The molecule has 23 heavy (non-hydrogen) atoms. The second-order valence-electron chi connectivity index (χ2n) is 5.47. The summed E-state index contributed by atoms with van der Waals surface area (Å²) in [5.41, 5.74) is 0. The Morgan fingerprint density at radius 1 is 1.17 bits per heavy atom. The van der Waals surface area contributed by atoms with E-state index in [0.29, 0.717) is 28.9 Å². The highest BCUT2D eigenvalue weighted by Crippen LogP contribution is 2.28. The fourth-order valence-electron chi connectivity index (χ4n) is 2.65. The summed E-state index contributed by atoms with van der Waals surface area (Å²) in [6, 6.07) is 4.55. The Kier molecular flexibility index (Phi) is 4.46. The van der Waals surface area contributed by atoms with Crippen molar-refractivity contribution in [1.29, 1.82) is 0 Å². The van der Waals surface area contributed by atoms with Gasteiger partial charge in [-0.25, -0.2) is 0 Å². The molecule has 0 unspecified atom stereocenters. The van der Waals surface area contributed by atoms with Crippen LogP contribution in [0.5, 0.6) is 5.75 Å². The lowest BCUT2D eigenvalue weighted by atomic mass is 10.1. The number of hydrogen-bond donors (Lipinski definition) is 0. The lowest BCUT2D eigenvalue weighted by Crippen LogP contribution is -2.62. The molecule has 0 radical (unpaired) electrons. The lowest BCUT2D eigenvalue weighted by molar-refractivity contribution is -0.152. The number of hydrogen-bond acceptors (Lipinski definition) is 4. The van der Waals surface area contributed by atoms with Crippen LogP contribution < -0.4 is 4.74 Å². The molecule has 2 aliphatic rings. The molecule has 2 heterocycles. The molecule has 8 heteroatoms. The smallest absolute Gasteiger partial charge is 0.260 e. The van der Waals surface area contributed by atoms with E-state index in [1.807, 2.05) is 0 Å². The average molecular weight is 357 g/mol. The van der Waals surface area contributed by atoms with E-state index in [2.05, 4.69) is 0 Å². The largest absolute Gasteiger partial charge is 0.482 e. The van der Waals surface area contributed by atoms with Crippen molar-refractivity contribution in [3.63, 3.8) is 0 Å². The second-order valence-corrected chi connectivity index (χ2v) is 6.32. The normalized spacial score (nSPS) is 18.3. The number of halogens is 2. The summed E-state index contributed by atoms with van der Waals surface area (Å²) in [5.74, 6) is -0.148. The monoisotopic (exact) mass is 356 g/mol. The molecule has 0 bridgehead atoms. The molecule has 122 valence electrons. The van der Waals surface area contributed by atoms with Crippen LogP contribution in [0.2, 0.25) is 10.0 Å². The summed E-state index contributed by atoms with van der Waals surface area (Å²) < 4.78 is 5.38. The molecule has 2 aliphatic heterocycles. The molecule has 1 aromatic rings. The van der Waals surface area contributed by atoms with Crippen molar-refractivity contribution in [2.75, 3.05) is 19.7 Å². The third-order valence-electron chi connectivity index (χ3n) is 3.92. The number of imide groups is 1. The van der Waals surface area contributed by atoms with E-state index in [0.717, 1.165) is 0 Å². The molecule has 3 rings (SSSR count). The van der Waals surface area contributed by atoms with Crippen molar-refractivity contribution in [1.82, 2.24) is 9.80 Å². The first kappa shape index (κ1) is 16.1. The van der Waals surface area contributed by atoms with E-state index < -0.39 is 0 Å². The van der Waals surface area contributed by atoms with Crippen LogP contribution in [-0.2, 0) is 14.4 Å². The molecule has 3 amide bonds. The molecule has 0 spiro atoms. The second kappa shape index (κ2) is 6.37. The molecule has 0 atom stereocenters. The van der Waals surface area contributed by atoms with Crippen LogP contribution >= 0.6 is 23.2 Å². The fourth-order valence-corrected chi connectivity index (χ4v) is 3.11. The minimum Gasteiger partial charge on any atom is -0.482 e. The molecule has 0 aromatic heterocycles. The maximum absolute atomic E-state index is 12.0. The summed E-state index contributed by atoms with van der Waals surface area (Å²) in [7, 11) is 0. The molecule has 2 saturated heterocycles. The number of likely N-dealkylation sites (tertiary alicyclic amines) is 2. The topological polar surface area (TPSA) is 66.9 Å². The van der Waals surface area contributed by atoms with E-state index in [4.69, 9.17) is 27.9 Å². The van der Waals surface area contributed by atoms with Gasteiger partial charge in [0, 0.05) is 31.0 Å². The Bertz CT molecular complexity index is 657. The van der Waals surface area contributed by atoms with Gasteiger partial charge in [0.25, 0.3) is 5.91 Å². The molecule has 6 nitrogen and oxygen atoms in total. The Labute approximate surface area is 142 Å². The number of rotatable bonds is 4. The quantitative estimate of drug-likeness (QED) is 0.770. The van der Waals surface area contributed by atoms with Crippen LogP contribution in [0, 0.1) is 0 Å². The number of amides is 3. The van der Waals surface area contributed by atoms with Gasteiger partial charge in [0.05, 0.1) is 11.1 Å². The highest BCUT2D eigenvalue weighted by atomic mass is 35.5. The number of carbonyl (C=O) groups excluding carboxylic acids is 3. The van der Waals surface area contributed by atoms with Gasteiger partial charge in [0.15, 0.2) is 6.61 Å². The standard InChI is InChI=1S/C15H14Cl2N2O4/c16-9-1-2-12(11(17)5-9)23-8-15(22)18-6-10(7-18)19-13(20)3-4-14(19)21/h1-2,5,10H,3-4,6-8H2. The summed E-state index contributed by atoms with van der Waals surface area (Å²) in [5, 5.41) is 0.819. The highest BCUT2D eigenvalue weighted by molar-refractivity contribution is 6.35. The fraction of sp³-hybridized carbons (Fsp3) is 0.400. The van der Waals surface area contributed by atoms with Gasteiger partial charge in [-0.1, -0.05) is 23.2 Å². The average Bonchev–Trinajstić information content (AvgIpc) is 2.77. The first-order valence-electron chi connectivity index (χ1n) is 7.16. The first-order chi connectivity index (χ1) is 11.0. The zero-order valence-electron chi connectivity index (χ0n) is 12.1. The first-order valence-corrected chi connectivity index (χ1v) is 7.92. The molecule has 0 N–H and O–H groups in total. The van der Waals surface area contributed by atoms with Crippen molar-refractivity contribution in [3.05, 3.63) is 28.2 Å². The summed E-state index contributed by atoms with van der Waals surface area (Å²) >= 11 is 11.8. The van der Waals surface area contributed by atoms with Gasteiger partial charge in [0.2, 0.25) is 11.8 Å². The van der Waals surface area contributed by atoms with Gasteiger partial charge in [0.1, 0.15) is 5.75 Å². The SMILES string of the molecule is O=C(COc1ccc(Cl)cc1Cl)N1CC(N2C(=O)CCC2=O)C1. The van der Waals surface area contributed by atoms with E-state index >= 15 is 0 Å². The van der Waals surface area contributed by atoms with Crippen molar-refractivity contribution in [2.45, 2.75) is 18.9 Å². The van der Waals surface area contributed by atoms with Crippen LogP contribution in [0.15, 0.2) is 18.2 Å². The number of benzene rings is 1. The molecule has 2 fully saturated rings. The third-order valence-corrected chi connectivity index (χ3v) is 4.45. The van der Waals surface area contributed by atoms with Crippen molar-refractivity contribution >= 4 is 40.9 Å². The van der Waals surface area contributed by atoms with E-state index in [-0.39, 0.29) is 43.2 Å². The van der Waals surface area contributed by atoms with Gasteiger partial charge in [-0.05, 0) is 18.2 Å². The van der Waals surface area contributed by atoms with E-state index in [1.165, 1.54) is 11.0 Å². The number of carbonyl (C=O) groups is 3. The summed E-state index contributed by atoms with van der Waals surface area (Å²) in [4.78, 5) is 38.1. The maximum atomic E-state index is 12.0. The van der Waals surface area contributed by atoms with Crippen molar-refractivity contribution in [3.8, 4) is 5.75 Å². The predicted octanol–water partition coefficient (Wildman–Crippen LogP) is 1.73. The van der Waals surface area contributed by atoms with E-state index in [9.17, 15) is 14.4 Å². The van der Waals surface area contributed by atoms with Gasteiger partial charge >= 0.3 is 0 Å². The van der Waals surface area contributed by atoms with Gasteiger partial charge < -0.3 is 9.64 Å². The van der Waals surface area contributed by atoms with Gasteiger partial charge in [-0.3, -0.25) is 19.3 Å². The maximum Gasteiger partial charge on any atom is 0.260 e. The Morgan fingerprint density at radius 3 is 2.43 bits per heavy atom. The highest BCUT2D eigenvalue weighted by Gasteiger charge is 2.42. The zero-order valence-corrected chi connectivity index (χ0v) is 13.6. The molecule has 0 saturated carbocycles. The summed E-state index contributed by atoms with van der Waals surface area (Å²) in [6.45, 7) is 0.554. The van der Waals surface area contributed by atoms with Crippen LogP contribution in [0.3, 0.4) is 0 Å². The predicted molar refractivity (Wildman–Crippen MR) is 83.4 cm³/mol. The lowest BCUT2D eigenvalue weighted by Gasteiger charge is -2.42. The number of ether oxygens (including phenoxy) is 1. The van der Waals surface area contributed by atoms with Crippen LogP contribution in [0.4, 0.5) is 0 Å². The Morgan fingerprint density at radius 2 is 1.83 bits per heavy atom. The Hall–Kier alpha value is -1.79. The minimum atomic E-state index is -0.216.